The molecule has 21 heavy (non-hydrogen) atoms. The molecule has 1 spiro atoms. The summed E-state index contributed by atoms with van der Waals surface area (Å²) in [6.45, 7) is 4.01. The first kappa shape index (κ1) is 14.5. The quantitative estimate of drug-likeness (QED) is 0.916. The summed E-state index contributed by atoms with van der Waals surface area (Å²) in [5.41, 5.74) is 0.491. The maximum Gasteiger partial charge on any atom is 0.255 e. The number of aromatic nitrogens is 1. The minimum Gasteiger partial charge on any atom is -0.392 e. The van der Waals surface area contributed by atoms with Crippen LogP contribution >= 0.6 is 0 Å². The number of likely N-dealkylation sites (tertiary alicyclic amines) is 1. The van der Waals surface area contributed by atoms with E-state index in [-0.39, 0.29) is 23.5 Å². The molecule has 0 unspecified atom stereocenters. The highest BCUT2D eigenvalue weighted by atomic mass is 16.5. The molecule has 5 nitrogen and oxygen atoms in total. The van der Waals surface area contributed by atoms with Gasteiger partial charge in [0.1, 0.15) is 0 Å². The topological polar surface area (TPSA) is 62.7 Å². The third kappa shape index (κ3) is 2.45. The van der Waals surface area contributed by atoms with Gasteiger partial charge in [0.05, 0.1) is 17.8 Å². The standard InChI is InChI=1S/C16H22N2O3/c1-2-21-14-10-13(19)16(14)5-8-18(9-6-16)15(20)12-4-3-7-17-11-12/h3-4,7,11,13-14,19H,2,5-6,8-10H2,1H3/t13-,14-/m1/s1. The number of aliphatic hydroxyl groups excluding tert-OH is 1. The number of rotatable bonds is 3. The summed E-state index contributed by atoms with van der Waals surface area (Å²) in [5.74, 6) is 0.0275. The van der Waals surface area contributed by atoms with Gasteiger partial charge in [-0.05, 0) is 31.9 Å². The number of ether oxygens (including phenoxy) is 1. The zero-order valence-corrected chi connectivity index (χ0v) is 12.4. The highest BCUT2D eigenvalue weighted by Gasteiger charge is 2.56. The zero-order chi connectivity index (χ0) is 14.9. The zero-order valence-electron chi connectivity index (χ0n) is 12.4. The van der Waals surface area contributed by atoms with Crippen molar-refractivity contribution in [2.24, 2.45) is 5.41 Å². The summed E-state index contributed by atoms with van der Waals surface area (Å²) in [4.78, 5) is 18.3. The highest BCUT2D eigenvalue weighted by Crippen LogP contribution is 2.51. The Morgan fingerprint density at radius 3 is 2.86 bits per heavy atom. The van der Waals surface area contributed by atoms with Gasteiger partial charge in [-0.1, -0.05) is 0 Å². The molecule has 1 saturated heterocycles. The molecule has 1 aromatic rings. The van der Waals surface area contributed by atoms with Crippen molar-refractivity contribution in [3.05, 3.63) is 30.1 Å². The number of carbonyl (C=O) groups is 1. The minimum atomic E-state index is -0.287. The molecule has 0 bridgehead atoms. The molecular weight excluding hydrogens is 268 g/mol. The first-order valence-electron chi connectivity index (χ1n) is 7.66. The van der Waals surface area contributed by atoms with Crippen molar-refractivity contribution >= 4 is 5.91 Å². The average molecular weight is 290 g/mol. The fraction of sp³-hybridized carbons (Fsp3) is 0.625. The van der Waals surface area contributed by atoms with Gasteiger partial charge in [-0.2, -0.15) is 0 Å². The second kappa shape index (κ2) is 5.73. The van der Waals surface area contributed by atoms with Gasteiger partial charge < -0.3 is 14.7 Å². The molecule has 114 valence electrons. The van der Waals surface area contributed by atoms with E-state index in [9.17, 15) is 9.90 Å². The molecule has 3 rings (SSSR count). The van der Waals surface area contributed by atoms with Gasteiger partial charge in [0.25, 0.3) is 5.91 Å². The smallest absolute Gasteiger partial charge is 0.255 e. The number of nitrogens with zero attached hydrogens (tertiary/aromatic N) is 2. The Morgan fingerprint density at radius 2 is 2.29 bits per heavy atom. The van der Waals surface area contributed by atoms with E-state index in [4.69, 9.17) is 4.74 Å². The first-order chi connectivity index (χ1) is 10.2. The van der Waals surface area contributed by atoms with Crippen molar-refractivity contribution in [2.45, 2.75) is 38.4 Å². The monoisotopic (exact) mass is 290 g/mol. The Bertz CT molecular complexity index is 496. The predicted molar refractivity (Wildman–Crippen MR) is 77.8 cm³/mol. The summed E-state index contributed by atoms with van der Waals surface area (Å²) < 4.78 is 5.75. The molecular formula is C16H22N2O3. The van der Waals surface area contributed by atoms with Crippen LogP contribution in [0.25, 0.3) is 0 Å². The molecule has 1 N–H and O–H groups in total. The molecule has 0 aromatic carbocycles. The van der Waals surface area contributed by atoms with Crippen LogP contribution in [0.5, 0.6) is 0 Å². The lowest BCUT2D eigenvalue weighted by Crippen LogP contribution is -2.62. The molecule has 1 aliphatic heterocycles. The molecule has 1 aliphatic carbocycles. The van der Waals surface area contributed by atoms with Crippen LogP contribution in [-0.4, -0.2) is 52.8 Å². The Morgan fingerprint density at radius 1 is 1.52 bits per heavy atom. The van der Waals surface area contributed by atoms with Crippen LogP contribution in [0.3, 0.4) is 0 Å². The van der Waals surface area contributed by atoms with Gasteiger partial charge in [0.15, 0.2) is 0 Å². The Labute approximate surface area is 124 Å². The molecule has 2 aliphatic rings. The Hall–Kier alpha value is -1.46. The van der Waals surface area contributed by atoms with Crippen LogP contribution in [0.15, 0.2) is 24.5 Å². The summed E-state index contributed by atoms with van der Waals surface area (Å²) in [5, 5.41) is 10.2. The normalized spacial score (nSPS) is 27.4. The van der Waals surface area contributed by atoms with Gasteiger partial charge in [-0.3, -0.25) is 9.78 Å². The molecule has 2 heterocycles. The molecule has 0 radical (unpaired) electrons. The fourth-order valence-electron chi connectivity index (χ4n) is 3.61. The SMILES string of the molecule is CCO[C@@H]1C[C@@H](O)C12CCN(C(=O)c1cccnc1)CC2. The van der Waals surface area contributed by atoms with E-state index in [0.29, 0.717) is 25.3 Å². The predicted octanol–water partition coefficient (Wildman–Crippen LogP) is 1.47. The first-order valence-corrected chi connectivity index (χ1v) is 7.66. The van der Waals surface area contributed by atoms with E-state index in [2.05, 4.69) is 4.98 Å². The average Bonchev–Trinajstić information content (AvgIpc) is 2.55. The van der Waals surface area contributed by atoms with Crippen LogP contribution < -0.4 is 0 Å². The van der Waals surface area contributed by atoms with E-state index < -0.39 is 0 Å². The van der Waals surface area contributed by atoms with Crippen LogP contribution in [0.2, 0.25) is 0 Å². The van der Waals surface area contributed by atoms with Crippen molar-refractivity contribution in [2.75, 3.05) is 19.7 Å². The third-order valence-electron chi connectivity index (χ3n) is 5.00. The molecule has 5 heteroatoms. The third-order valence-corrected chi connectivity index (χ3v) is 5.00. The molecule has 2 atom stereocenters. The summed E-state index contributed by atoms with van der Waals surface area (Å²) in [7, 11) is 0. The number of carbonyl (C=O) groups excluding carboxylic acids is 1. The Balaban J connectivity index is 1.64. The van der Waals surface area contributed by atoms with Gasteiger partial charge in [0, 0.05) is 43.9 Å². The largest absolute Gasteiger partial charge is 0.392 e. The number of pyridine rings is 1. The van der Waals surface area contributed by atoms with Gasteiger partial charge in [0.2, 0.25) is 0 Å². The van der Waals surface area contributed by atoms with E-state index in [0.717, 1.165) is 19.3 Å². The summed E-state index contributed by atoms with van der Waals surface area (Å²) >= 11 is 0. The van der Waals surface area contributed by atoms with E-state index in [1.54, 1.807) is 24.5 Å². The fourth-order valence-corrected chi connectivity index (χ4v) is 3.61. The van der Waals surface area contributed by atoms with Crippen LogP contribution in [-0.2, 0) is 4.74 Å². The van der Waals surface area contributed by atoms with Crippen molar-refractivity contribution in [3.8, 4) is 0 Å². The van der Waals surface area contributed by atoms with Crippen molar-refractivity contribution in [3.63, 3.8) is 0 Å². The van der Waals surface area contributed by atoms with Crippen molar-refractivity contribution in [1.29, 1.82) is 0 Å². The van der Waals surface area contributed by atoms with E-state index in [1.807, 2.05) is 11.8 Å². The molecule has 1 aromatic heterocycles. The van der Waals surface area contributed by atoms with Crippen LogP contribution in [0.4, 0.5) is 0 Å². The van der Waals surface area contributed by atoms with Gasteiger partial charge in [-0.15, -0.1) is 0 Å². The number of hydrogen-bond donors (Lipinski definition) is 1. The van der Waals surface area contributed by atoms with Gasteiger partial charge in [-0.25, -0.2) is 0 Å². The summed E-state index contributed by atoms with van der Waals surface area (Å²) in [6, 6.07) is 3.57. The maximum absolute atomic E-state index is 12.4. The Kier molecular flexibility index (Phi) is 3.95. The molecule has 2 fully saturated rings. The lowest BCUT2D eigenvalue weighted by Gasteiger charge is -2.56. The summed E-state index contributed by atoms with van der Waals surface area (Å²) in [6.07, 6.45) is 5.48. The van der Waals surface area contributed by atoms with Crippen molar-refractivity contribution in [1.82, 2.24) is 9.88 Å². The number of aliphatic hydroxyl groups is 1. The minimum absolute atomic E-state index is 0.0275. The number of hydrogen-bond acceptors (Lipinski definition) is 4. The lowest BCUT2D eigenvalue weighted by molar-refractivity contribution is -0.207. The molecule has 1 saturated carbocycles. The van der Waals surface area contributed by atoms with Crippen LogP contribution in [0.1, 0.15) is 36.5 Å². The molecule has 1 amide bonds. The highest BCUT2D eigenvalue weighted by molar-refractivity contribution is 5.93. The number of piperidine rings is 1. The number of amides is 1. The van der Waals surface area contributed by atoms with Crippen LogP contribution in [0, 0.1) is 5.41 Å². The van der Waals surface area contributed by atoms with E-state index >= 15 is 0 Å². The van der Waals surface area contributed by atoms with Crippen molar-refractivity contribution < 1.29 is 14.6 Å². The van der Waals surface area contributed by atoms with Gasteiger partial charge >= 0.3 is 0 Å². The van der Waals surface area contributed by atoms with E-state index in [1.165, 1.54) is 0 Å². The second-order valence-electron chi connectivity index (χ2n) is 5.96. The second-order valence-corrected chi connectivity index (χ2v) is 5.96. The lowest BCUT2D eigenvalue weighted by atomic mass is 9.58. The maximum atomic E-state index is 12.4.